The van der Waals surface area contributed by atoms with Crippen molar-refractivity contribution in [2.24, 2.45) is 0 Å². The number of carboxylic acids is 1. The van der Waals surface area contributed by atoms with Crippen LogP contribution in [0.2, 0.25) is 0 Å². The second-order valence-corrected chi connectivity index (χ2v) is 9.97. The Morgan fingerprint density at radius 1 is 1.20 bits per heavy atom. The van der Waals surface area contributed by atoms with Gasteiger partial charge in [0.05, 0.1) is 29.0 Å². The van der Waals surface area contributed by atoms with Gasteiger partial charge in [-0.05, 0) is 48.7 Å². The first-order valence-corrected chi connectivity index (χ1v) is 12.8. The van der Waals surface area contributed by atoms with Gasteiger partial charge in [-0.2, -0.15) is 0 Å². The van der Waals surface area contributed by atoms with E-state index in [4.69, 9.17) is 19.2 Å². The maximum Gasteiger partial charge on any atom is 0.371 e. The first-order valence-electron chi connectivity index (χ1n) is 12.8. The molecule has 6 rings (SSSR count). The van der Waals surface area contributed by atoms with Crippen LogP contribution in [0.1, 0.15) is 42.5 Å². The van der Waals surface area contributed by atoms with E-state index < -0.39 is 41.8 Å². The third-order valence-electron chi connectivity index (χ3n) is 7.79. The number of esters is 1. The molecule has 3 aliphatic rings. The number of carboxylic acid groups (broad SMARTS) is 1. The Hall–Kier alpha value is -4.26. The standard InChI is InChI=1S/C28H26N2O10/c1-3-13-14-7-12(39-26-23(32)20(31)9-21(40-26)25(34)35)5-6-18(14)29-22-15(13)10-30-19(22)8-17-16(24(30)33)11-38-27(36)28(17,37)4-2/h5-9,20,23,26,31-32,37H,3-4,10-11H2,1-2H3,(H,34,35)/t20?,23?,26?,28-/m1/s1. The van der Waals surface area contributed by atoms with Gasteiger partial charge in [0, 0.05) is 16.5 Å². The zero-order valence-corrected chi connectivity index (χ0v) is 21.6. The van der Waals surface area contributed by atoms with Crippen molar-refractivity contribution in [3.05, 3.63) is 68.7 Å². The van der Waals surface area contributed by atoms with E-state index in [-0.39, 0.29) is 42.0 Å². The number of cyclic esters (lactones) is 1. The lowest BCUT2D eigenvalue weighted by molar-refractivity contribution is -0.172. The fourth-order valence-corrected chi connectivity index (χ4v) is 5.62. The molecule has 0 aliphatic carbocycles. The molecule has 4 N–H and O–H groups in total. The summed E-state index contributed by atoms with van der Waals surface area (Å²) in [6.45, 7) is 3.61. The van der Waals surface area contributed by atoms with E-state index in [1.807, 2.05) is 6.92 Å². The summed E-state index contributed by atoms with van der Waals surface area (Å²) in [5.74, 6) is -2.48. The van der Waals surface area contributed by atoms with Crippen LogP contribution < -0.4 is 10.3 Å². The highest BCUT2D eigenvalue weighted by atomic mass is 16.7. The van der Waals surface area contributed by atoms with Crippen LogP contribution in [0.25, 0.3) is 22.3 Å². The van der Waals surface area contributed by atoms with Gasteiger partial charge in [0.15, 0.2) is 11.7 Å². The van der Waals surface area contributed by atoms with Crippen LogP contribution in [0.4, 0.5) is 0 Å². The maximum atomic E-state index is 13.5. The van der Waals surface area contributed by atoms with Crippen LogP contribution in [0.15, 0.2) is 40.9 Å². The third kappa shape index (κ3) is 3.71. The molecule has 0 spiro atoms. The number of hydrogen-bond donors (Lipinski definition) is 4. The Morgan fingerprint density at radius 3 is 2.67 bits per heavy atom. The monoisotopic (exact) mass is 550 g/mol. The van der Waals surface area contributed by atoms with Gasteiger partial charge in [0.2, 0.25) is 5.76 Å². The lowest BCUT2D eigenvalue weighted by atomic mass is 9.86. The Morgan fingerprint density at radius 2 is 1.98 bits per heavy atom. The van der Waals surface area contributed by atoms with Crippen LogP contribution in [0.3, 0.4) is 0 Å². The van der Waals surface area contributed by atoms with Gasteiger partial charge < -0.3 is 39.2 Å². The average Bonchev–Trinajstić information content (AvgIpc) is 3.30. The van der Waals surface area contributed by atoms with Crippen LogP contribution in [0, 0.1) is 0 Å². The number of aliphatic hydroxyl groups excluding tert-OH is 2. The van der Waals surface area contributed by atoms with Crippen molar-refractivity contribution in [3.8, 4) is 17.1 Å². The zero-order valence-electron chi connectivity index (χ0n) is 21.6. The number of ether oxygens (including phenoxy) is 3. The molecule has 3 aromatic rings. The maximum absolute atomic E-state index is 13.5. The second kappa shape index (κ2) is 9.15. The van der Waals surface area contributed by atoms with Gasteiger partial charge in [-0.25, -0.2) is 14.6 Å². The number of pyridine rings is 2. The minimum absolute atomic E-state index is 0.0445. The molecule has 3 unspecified atom stereocenters. The molecule has 0 bridgehead atoms. The van der Waals surface area contributed by atoms with Gasteiger partial charge in [0.1, 0.15) is 18.5 Å². The predicted molar refractivity (Wildman–Crippen MR) is 137 cm³/mol. The number of fused-ring (bicyclic) bond motifs is 5. The van der Waals surface area contributed by atoms with Crippen molar-refractivity contribution in [1.29, 1.82) is 0 Å². The van der Waals surface area contributed by atoms with E-state index in [2.05, 4.69) is 0 Å². The number of aryl methyl sites for hydroxylation is 1. The Kier molecular flexibility index (Phi) is 5.95. The van der Waals surface area contributed by atoms with Gasteiger partial charge in [-0.15, -0.1) is 0 Å². The molecule has 4 atom stereocenters. The number of nitrogens with zero attached hydrogens (tertiary/aromatic N) is 2. The summed E-state index contributed by atoms with van der Waals surface area (Å²) >= 11 is 0. The van der Waals surface area contributed by atoms with E-state index in [9.17, 15) is 34.8 Å². The molecule has 0 saturated heterocycles. The number of rotatable bonds is 5. The lowest BCUT2D eigenvalue weighted by Gasteiger charge is -2.31. The summed E-state index contributed by atoms with van der Waals surface area (Å²) in [5.41, 5.74) is 1.55. The van der Waals surface area contributed by atoms with Crippen molar-refractivity contribution in [1.82, 2.24) is 9.55 Å². The number of benzene rings is 1. The normalized spacial score (nSPS) is 24.9. The number of aromatic nitrogens is 2. The van der Waals surface area contributed by atoms with Crippen molar-refractivity contribution in [3.63, 3.8) is 0 Å². The first kappa shape index (κ1) is 26.0. The topological polar surface area (TPSA) is 178 Å². The molecule has 208 valence electrons. The van der Waals surface area contributed by atoms with Gasteiger partial charge in [0.25, 0.3) is 11.8 Å². The second-order valence-electron chi connectivity index (χ2n) is 9.97. The Bertz CT molecular complexity index is 1690. The fraction of sp³-hybridized carbons (Fsp3) is 0.357. The highest BCUT2D eigenvalue weighted by molar-refractivity contribution is 5.90. The lowest BCUT2D eigenvalue weighted by Crippen LogP contribution is -2.45. The van der Waals surface area contributed by atoms with Gasteiger partial charge >= 0.3 is 11.9 Å². The Labute approximate surface area is 226 Å². The summed E-state index contributed by atoms with van der Waals surface area (Å²) in [5, 5.41) is 41.4. The molecular weight excluding hydrogens is 524 g/mol. The highest BCUT2D eigenvalue weighted by Crippen LogP contribution is 2.41. The largest absolute Gasteiger partial charge is 0.475 e. The molecule has 0 amide bonds. The summed E-state index contributed by atoms with van der Waals surface area (Å²) in [6.07, 6.45) is -2.96. The van der Waals surface area contributed by atoms with E-state index >= 15 is 0 Å². The molecular formula is C28H26N2O10. The van der Waals surface area contributed by atoms with E-state index in [1.54, 1.807) is 35.8 Å². The Balaban J connectivity index is 1.43. The van der Waals surface area contributed by atoms with Gasteiger partial charge in [-0.1, -0.05) is 13.8 Å². The van der Waals surface area contributed by atoms with Crippen LogP contribution >= 0.6 is 0 Å². The van der Waals surface area contributed by atoms with Crippen LogP contribution in [0.5, 0.6) is 5.75 Å². The SMILES string of the molecule is CCc1c2c(nc3ccc(OC4OC(C(=O)O)=CC(O)C4O)cc13)-c1cc3c(c(=O)n1C2)COC(=O)[C@@]3(O)CC. The molecule has 5 heterocycles. The number of carbonyl (C=O) groups excluding carboxylic acids is 1. The van der Waals surface area contributed by atoms with E-state index in [0.29, 0.717) is 28.7 Å². The van der Waals surface area contributed by atoms with Gasteiger partial charge in [-0.3, -0.25) is 4.79 Å². The molecule has 1 aromatic carbocycles. The molecule has 0 fully saturated rings. The third-order valence-corrected chi connectivity index (χ3v) is 7.79. The minimum atomic E-state index is -1.92. The van der Waals surface area contributed by atoms with Crippen LogP contribution in [-0.2, 0) is 44.2 Å². The summed E-state index contributed by atoms with van der Waals surface area (Å²) in [6, 6.07) is 6.59. The average molecular weight is 551 g/mol. The number of aliphatic hydroxyl groups is 3. The highest BCUT2D eigenvalue weighted by Gasteiger charge is 2.45. The van der Waals surface area contributed by atoms with Crippen molar-refractivity contribution < 1.29 is 44.2 Å². The number of carbonyl (C=O) groups is 2. The predicted octanol–water partition coefficient (Wildman–Crippen LogP) is 1.07. The zero-order chi connectivity index (χ0) is 28.5. The fourth-order valence-electron chi connectivity index (χ4n) is 5.62. The molecule has 12 nitrogen and oxygen atoms in total. The number of aliphatic carboxylic acids is 1. The number of hydrogen-bond acceptors (Lipinski definition) is 10. The molecule has 0 radical (unpaired) electrons. The molecule has 2 aromatic heterocycles. The molecule has 12 heteroatoms. The van der Waals surface area contributed by atoms with Crippen molar-refractivity contribution in [2.75, 3.05) is 0 Å². The quantitative estimate of drug-likeness (QED) is 0.261. The van der Waals surface area contributed by atoms with Crippen molar-refractivity contribution in [2.45, 2.75) is 63.9 Å². The summed E-state index contributed by atoms with van der Waals surface area (Å²) < 4.78 is 17.7. The van der Waals surface area contributed by atoms with E-state index in [1.165, 1.54) is 0 Å². The molecule has 0 saturated carbocycles. The molecule has 3 aliphatic heterocycles. The van der Waals surface area contributed by atoms with Crippen LogP contribution in [-0.4, -0.2) is 60.4 Å². The first-order chi connectivity index (χ1) is 19.1. The smallest absolute Gasteiger partial charge is 0.371 e. The molecule has 40 heavy (non-hydrogen) atoms. The van der Waals surface area contributed by atoms with E-state index in [0.717, 1.165) is 17.2 Å². The van der Waals surface area contributed by atoms with Crippen molar-refractivity contribution >= 4 is 22.8 Å². The summed E-state index contributed by atoms with van der Waals surface area (Å²) in [4.78, 5) is 42.1. The minimum Gasteiger partial charge on any atom is -0.475 e. The summed E-state index contributed by atoms with van der Waals surface area (Å²) in [7, 11) is 0.